The monoisotopic (exact) mass is 1060 g/mol. The van der Waals surface area contributed by atoms with Crippen LogP contribution in [0.1, 0.15) is 111 Å². The Morgan fingerprint density at radius 2 is 1.57 bits per heavy atom. The summed E-state index contributed by atoms with van der Waals surface area (Å²) in [5, 5.41) is 76.0. The Hall–Kier alpha value is -3.89. The molecule has 0 spiro atoms. The minimum Gasteiger partial charge on any atom is -0.505 e. The number of rotatable bonds is 13. The molecule has 2 fully saturated rings. The molecule has 0 amide bonds. The van der Waals surface area contributed by atoms with Gasteiger partial charge in [0.2, 0.25) is 0 Å². The third-order valence-electron chi connectivity index (χ3n) is 13.0. The summed E-state index contributed by atoms with van der Waals surface area (Å²) in [6.45, 7) is 17.9. The number of halogens is 2. The van der Waals surface area contributed by atoms with Crippen LogP contribution in [0.2, 0.25) is 10.0 Å². The number of carbonyl (C=O) groups is 3. The van der Waals surface area contributed by atoms with Gasteiger partial charge in [0, 0.05) is 19.4 Å². The predicted octanol–water partition coefficient (Wildman–Crippen LogP) is 6.23. The van der Waals surface area contributed by atoms with Crippen LogP contribution in [-0.2, 0) is 53.9 Å². The van der Waals surface area contributed by atoms with Crippen LogP contribution in [0.25, 0.3) is 0 Å². The fraction of sp³-hybridized carbons (Fsp3) is 0.635. The Kier molecular flexibility index (Phi) is 22.4. The van der Waals surface area contributed by atoms with Gasteiger partial charge in [0.15, 0.2) is 36.3 Å². The van der Waals surface area contributed by atoms with Crippen LogP contribution in [0.5, 0.6) is 11.5 Å². The molecule has 1 aromatic carbocycles. The minimum absolute atomic E-state index is 0.0402. The molecule has 2 saturated heterocycles. The summed E-state index contributed by atoms with van der Waals surface area (Å²) in [5.74, 6) is -5.00. The van der Waals surface area contributed by atoms with Gasteiger partial charge in [0.1, 0.15) is 41.1 Å². The quantitative estimate of drug-likeness (QED) is 0.0655. The molecule has 0 aromatic heterocycles. The Labute approximate surface area is 431 Å². The van der Waals surface area contributed by atoms with Crippen molar-refractivity contribution in [3.8, 4) is 11.5 Å². The van der Waals surface area contributed by atoms with E-state index >= 15 is 0 Å². The van der Waals surface area contributed by atoms with Gasteiger partial charge in [-0.1, -0.05) is 86.9 Å². The fourth-order valence-corrected chi connectivity index (χ4v) is 9.04. The number of benzene rings is 1. The van der Waals surface area contributed by atoms with Crippen molar-refractivity contribution in [3.05, 3.63) is 79.9 Å². The van der Waals surface area contributed by atoms with Crippen molar-refractivity contribution in [2.24, 2.45) is 11.8 Å². The Bertz CT molecular complexity index is 2220. The molecule has 3 heterocycles. The van der Waals surface area contributed by atoms with Gasteiger partial charge in [-0.25, -0.2) is 9.59 Å². The smallest absolute Gasteiger partial charge is 0.342 e. The first-order valence-electron chi connectivity index (χ1n) is 24.2. The van der Waals surface area contributed by atoms with Gasteiger partial charge in [-0.15, -0.1) is 0 Å². The molecule has 72 heavy (non-hydrogen) atoms. The van der Waals surface area contributed by atoms with Crippen LogP contribution in [0.3, 0.4) is 0 Å². The number of hydrogen-bond donors (Lipinski definition) is 7. The number of allylic oxidation sites excluding steroid dienone is 4. The van der Waals surface area contributed by atoms with Crippen LogP contribution >= 0.6 is 23.2 Å². The van der Waals surface area contributed by atoms with Gasteiger partial charge in [0.25, 0.3) is 0 Å². The lowest BCUT2D eigenvalue weighted by Crippen LogP contribution is -2.64. The van der Waals surface area contributed by atoms with Crippen molar-refractivity contribution in [1.29, 1.82) is 0 Å². The molecule has 20 heteroatoms. The first-order valence-corrected chi connectivity index (χ1v) is 24.9. The maximum Gasteiger partial charge on any atom is 0.342 e. The zero-order valence-corrected chi connectivity index (χ0v) is 44.5. The number of methoxy groups -OCH3 is 1. The topological polar surface area (TPSA) is 267 Å². The van der Waals surface area contributed by atoms with Crippen molar-refractivity contribution < 1.29 is 88.0 Å². The van der Waals surface area contributed by atoms with Crippen molar-refractivity contribution in [1.82, 2.24) is 0 Å². The molecule has 5 unspecified atom stereocenters. The largest absolute Gasteiger partial charge is 0.505 e. The van der Waals surface area contributed by atoms with Crippen LogP contribution < -0.4 is 0 Å². The summed E-state index contributed by atoms with van der Waals surface area (Å²) in [5.41, 5.74) is 0.204. The number of hydrogen-bond acceptors (Lipinski definition) is 18. The molecule has 1 aromatic rings. The normalized spacial score (nSPS) is 34.8. The fourth-order valence-electron chi connectivity index (χ4n) is 8.48. The first-order chi connectivity index (χ1) is 33.7. The number of phenols is 2. The molecule has 3 aliphatic rings. The molecule has 0 saturated carbocycles. The number of ether oxygens (including phenoxy) is 8. The average Bonchev–Trinajstić information content (AvgIpc) is 3.32. The third-order valence-corrected chi connectivity index (χ3v) is 13.8. The molecule has 3 aliphatic heterocycles. The van der Waals surface area contributed by atoms with Crippen LogP contribution in [-0.4, -0.2) is 153 Å². The van der Waals surface area contributed by atoms with Crippen LogP contribution in [0.4, 0.5) is 0 Å². The maximum absolute atomic E-state index is 14.0. The van der Waals surface area contributed by atoms with Crippen LogP contribution in [0.15, 0.2) is 58.7 Å². The Morgan fingerprint density at radius 1 is 0.903 bits per heavy atom. The highest BCUT2D eigenvalue weighted by atomic mass is 35.5. The van der Waals surface area contributed by atoms with Crippen molar-refractivity contribution in [2.45, 2.75) is 187 Å². The second kappa shape index (κ2) is 26.5. The molecule has 4 rings (SSSR count). The van der Waals surface area contributed by atoms with Crippen molar-refractivity contribution in [3.63, 3.8) is 0 Å². The van der Waals surface area contributed by atoms with E-state index in [0.29, 0.717) is 23.1 Å². The van der Waals surface area contributed by atoms with E-state index in [-0.39, 0.29) is 35.4 Å². The second-order valence-corrected chi connectivity index (χ2v) is 20.1. The van der Waals surface area contributed by atoms with Crippen molar-refractivity contribution in [2.75, 3.05) is 13.7 Å². The number of aromatic hydroxyl groups is 2. The lowest BCUT2D eigenvalue weighted by molar-refractivity contribution is -0.333. The maximum atomic E-state index is 14.0. The Morgan fingerprint density at radius 3 is 2.17 bits per heavy atom. The molecule has 0 bridgehead atoms. The zero-order valence-electron chi connectivity index (χ0n) is 43.0. The van der Waals surface area contributed by atoms with E-state index < -0.39 is 144 Å². The van der Waals surface area contributed by atoms with E-state index in [1.54, 1.807) is 53.7 Å². The zero-order chi connectivity index (χ0) is 54.1. The van der Waals surface area contributed by atoms with Gasteiger partial charge in [-0.2, -0.15) is 0 Å². The molecule has 0 aliphatic carbocycles. The van der Waals surface area contributed by atoms with Gasteiger partial charge in [-0.05, 0) is 90.5 Å². The molecule has 0 radical (unpaired) electrons. The highest BCUT2D eigenvalue weighted by Gasteiger charge is 2.53. The van der Waals surface area contributed by atoms with E-state index in [1.165, 1.54) is 33.1 Å². The number of aliphatic hydroxyl groups is 5. The second-order valence-electron chi connectivity index (χ2n) is 19.4. The number of carbonyl (C=O) groups excluding carboxylic acids is 3. The summed E-state index contributed by atoms with van der Waals surface area (Å²) >= 11 is 12.3. The van der Waals surface area contributed by atoms with Gasteiger partial charge in [0.05, 0.1) is 53.1 Å². The van der Waals surface area contributed by atoms with E-state index in [1.807, 2.05) is 32.9 Å². The Balaban J connectivity index is 1.68. The summed E-state index contributed by atoms with van der Waals surface area (Å²) < 4.78 is 48.0. The summed E-state index contributed by atoms with van der Waals surface area (Å²) in [7, 11) is 1.26. The van der Waals surface area contributed by atoms with Gasteiger partial charge in [-0.3, -0.25) is 4.79 Å². The van der Waals surface area contributed by atoms with Gasteiger partial charge >= 0.3 is 17.9 Å². The molecule has 404 valence electrons. The summed E-state index contributed by atoms with van der Waals surface area (Å²) in [6, 6.07) is 0. The third kappa shape index (κ3) is 14.7. The van der Waals surface area contributed by atoms with E-state index in [2.05, 4.69) is 0 Å². The number of esters is 3. The summed E-state index contributed by atoms with van der Waals surface area (Å²) in [4.78, 5) is 40.6. The lowest BCUT2D eigenvalue weighted by Gasteiger charge is -2.47. The predicted molar refractivity (Wildman–Crippen MR) is 265 cm³/mol. The average molecular weight is 1060 g/mol. The lowest BCUT2D eigenvalue weighted by atomic mass is 9.88. The highest BCUT2D eigenvalue weighted by molar-refractivity contribution is 6.39. The van der Waals surface area contributed by atoms with E-state index in [4.69, 9.17) is 61.1 Å². The van der Waals surface area contributed by atoms with Crippen LogP contribution in [0, 0.1) is 11.8 Å². The summed E-state index contributed by atoms with van der Waals surface area (Å²) in [6.07, 6.45) is -5.60. The van der Waals surface area contributed by atoms with E-state index in [0.717, 1.165) is 0 Å². The molecule has 18 nitrogen and oxygen atoms in total. The minimum atomic E-state index is -1.55. The highest BCUT2D eigenvalue weighted by Crippen LogP contribution is 2.45. The molecular formula is C52H74Cl2O18. The number of cyclic esters (lactones) is 1. The first kappa shape index (κ1) is 60.7. The number of phenolic OH excluding ortho intramolecular Hbond substituents is 2. The molecule has 14 atom stereocenters. The number of aliphatic hydroxyl groups excluding tert-OH is 5. The van der Waals surface area contributed by atoms with E-state index in [9.17, 15) is 50.1 Å². The molecular weight excluding hydrogens is 983 g/mol. The van der Waals surface area contributed by atoms with Crippen molar-refractivity contribution >= 4 is 41.1 Å². The SMILES string of the molecule is CCc1c(Cl)c(O)c(Cl)c(O)c1C(=O)O[C@@H]1[C@@H](O)[C@H](C)O[C@H](OC/C2=C/C=C/CC(O)/C(C)=C/C(CC)C(O[C@@H]3OC(C)(C)[C@@H](O)[C@H](O)[C@@H]3OC(=O)C(C)C)/C(C)=C/C(C)=C/CC(C(C)O)OC2=O)[C@@H]1OC. The van der Waals surface area contributed by atoms with Gasteiger partial charge < -0.3 is 73.6 Å². The standard InChI is InChI=1S/C52H74Cl2O18/c1-13-30-22-26(6)33(56)18-16-15-17-31(23-66-50-45(65-12)43(38(57)29(9)67-50)69-49(64)35-32(14-2)36(53)40(59)37(54)39(35)58)48(63)68-34(28(8)55)20-19-25(5)21-27(7)42(30)71-51-44(70-47(62)24(3)4)41(60)46(61)52(10,11)72-51/h15-17,19,21-22,24,28-30,33-34,38,41-46,50-51,55-61H,13-14,18,20,23H2,1-12H3/b16-15+,25-19+,26-22+,27-21+,31-17-/t28?,29-,30?,33?,34?,38-,41+,42?,43+,44-,45+,46-,50-,51+/m0/s1. The molecule has 7 N–H and O–H groups in total.